The van der Waals surface area contributed by atoms with Crippen molar-refractivity contribution in [1.29, 1.82) is 5.26 Å². The number of rotatable bonds is 7. The van der Waals surface area contributed by atoms with Crippen molar-refractivity contribution in [3.63, 3.8) is 0 Å². The van der Waals surface area contributed by atoms with Gasteiger partial charge in [-0.2, -0.15) is 18.4 Å². The molecule has 0 aliphatic heterocycles. The highest BCUT2D eigenvalue weighted by molar-refractivity contribution is 7.92. The highest BCUT2D eigenvalue weighted by Crippen LogP contribution is 2.40. The molecule has 1 amide bonds. The number of nitriles is 1. The van der Waals surface area contributed by atoms with E-state index in [1.165, 1.54) is 24.3 Å². The van der Waals surface area contributed by atoms with Crippen molar-refractivity contribution in [1.82, 2.24) is 5.32 Å². The van der Waals surface area contributed by atoms with E-state index in [9.17, 15) is 31.6 Å². The maximum atomic E-state index is 13.3. The molecule has 0 saturated heterocycles. The normalized spacial score (nSPS) is 23.5. The second-order valence-electron chi connectivity index (χ2n) is 8.90. The standard InChI is InChI=1S/C24H22ClF3N2O4S/c25-19-3-1-2-4-21(19)35(32,33)17-11-18(22(31)30-23(14-29)9-10-23)20(12-17)34-13-15-5-7-16(8-6-15)24(26,27)28/h1-8,17-18,20H,9-13H2,(H,30,31)/t17-,18-,20-/m0/s1. The molecule has 0 heterocycles. The number of carbonyl (C=O) groups is 1. The first-order chi connectivity index (χ1) is 16.4. The Bertz CT molecular complexity index is 1250. The van der Waals surface area contributed by atoms with Gasteiger partial charge in [0.1, 0.15) is 5.54 Å². The lowest BCUT2D eigenvalue weighted by molar-refractivity contribution is -0.137. The molecule has 2 aliphatic carbocycles. The van der Waals surface area contributed by atoms with E-state index in [0.29, 0.717) is 18.4 Å². The minimum absolute atomic E-state index is 0.00579. The number of hydrogen-bond acceptors (Lipinski definition) is 5. The average molecular weight is 527 g/mol. The first-order valence-corrected chi connectivity index (χ1v) is 12.9. The quantitative estimate of drug-likeness (QED) is 0.565. The van der Waals surface area contributed by atoms with Crippen LogP contribution in [-0.4, -0.2) is 31.2 Å². The fourth-order valence-corrected chi connectivity index (χ4v) is 6.56. The number of alkyl halides is 3. The first kappa shape index (κ1) is 25.5. The molecule has 2 saturated carbocycles. The summed E-state index contributed by atoms with van der Waals surface area (Å²) in [4.78, 5) is 13.0. The number of carbonyl (C=O) groups excluding carboxylic acids is 1. The van der Waals surface area contributed by atoms with Gasteiger partial charge in [0.05, 0.1) is 45.4 Å². The average Bonchev–Trinajstić information content (AvgIpc) is 3.44. The molecule has 4 rings (SSSR count). The summed E-state index contributed by atoms with van der Waals surface area (Å²) < 4.78 is 70.9. The molecule has 2 aliphatic rings. The van der Waals surface area contributed by atoms with E-state index >= 15 is 0 Å². The summed E-state index contributed by atoms with van der Waals surface area (Å²) in [5.74, 6) is -1.32. The zero-order chi connectivity index (χ0) is 25.4. The molecular formula is C24H22ClF3N2O4S. The van der Waals surface area contributed by atoms with Crippen LogP contribution in [0.4, 0.5) is 13.2 Å². The van der Waals surface area contributed by atoms with Crippen LogP contribution in [0.5, 0.6) is 0 Å². The first-order valence-electron chi connectivity index (χ1n) is 10.9. The van der Waals surface area contributed by atoms with Crippen LogP contribution in [-0.2, 0) is 32.2 Å². The SMILES string of the molecule is N#CC1(NC(=O)[C@H]2C[C@H](S(=O)(=O)c3ccccc3Cl)C[C@@H]2OCc2ccc(C(F)(F)F)cc2)CC1. The lowest BCUT2D eigenvalue weighted by atomic mass is 10.0. The second-order valence-corrected chi connectivity index (χ2v) is 11.5. The van der Waals surface area contributed by atoms with E-state index in [1.807, 2.05) is 0 Å². The molecule has 2 aromatic rings. The predicted octanol–water partition coefficient (Wildman–Crippen LogP) is 4.67. The van der Waals surface area contributed by atoms with Crippen LogP contribution >= 0.6 is 11.6 Å². The van der Waals surface area contributed by atoms with E-state index in [0.717, 1.165) is 12.1 Å². The van der Waals surface area contributed by atoms with Crippen molar-refractivity contribution in [2.75, 3.05) is 0 Å². The van der Waals surface area contributed by atoms with E-state index in [4.69, 9.17) is 16.3 Å². The Morgan fingerprint density at radius 2 is 1.80 bits per heavy atom. The van der Waals surface area contributed by atoms with Crippen LogP contribution in [0.3, 0.4) is 0 Å². The molecule has 0 radical (unpaired) electrons. The zero-order valence-electron chi connectivity index (χ0n) is 18.4. The van der Waals surface area contributed by atoms with Crippen molar-refractivity contribution >= 4 is 27.3 Å². The minimum Gasteiger partial charge on any atom is -0.373 e. The Balaban J connectivity index is 1.53. The van der Waals surface area contributed by atoms with Gasteiger partial charge in [-0.1, -0.05) is 35.9 Å². The number of nitrogens with one attached hydrogen (secondary N) is 1. The zero-order valence-corrected chi connectivity index (χ0v) is 20.0. The fraction of sp³-hybridized carbons (Fsp3) is 0.417. The maximum Gasteiger partial charge on any atom is 0.416 e. The van der Waals surface area contributed by atoms with Crippen LogP contribution in [0, 0.1) is 17.2 Å². The summed E-state index contributed by atoms with van der Waals surface area (Å²) in [5.41, 5.74) is -1.28. The van der Waals surface area contributed by atoms with Gasteiger partial charge < -0.3 is 10.1 Å². The van der Waals surface area contributed by atoms with Crippen LogP contribution < -0.4 is 5.32 Å². The lowest BCUT2D eigenvalue weighted by Crippen LogP contribution is -2.42. The molecule has 1 N–H and O–H groups in total. The van der Waals surface area contributed by atoms with Gasteiger partial charge in [-0.25, -0.2) is 8.42 Å². The summed E-state index contributed by atoms with van der Waals surface area (Å²) in [6.45, 7) is -0.102. The van der Waals surface area contributed by atoms with E-state index in [1.54, 1.807) is 12.1 Å². The van der Waals surface area contributed by atoms with Crippen LogP contribution in [0.15, 0.2) is 53.4 Å². The van der Waals surface area contributed by atoms with Gasteiger partial charge >= 0.3 is 6.18 Å². The van der Waals surface area contributed by atoms with Crippen molar-refractivity contribution in [2.24, 2.45) is 5.92 Å². The number of ether oxygens (including phenoxy) is 1. The molecule has 0 aromatic heterocycles. The van der Waals surface area contributed by atoms with Gasteiger partial charge in [0.25, 0.3) is 0 Å². The molecular weight excluding hydrogens is 505 g/mol. The third kappa shape index (κ3) is 5.47. The Kier molecular flexibility index (Phi) is 6.88. The van der Waals surface area contributed by atoms with Crippen molar-refractivity contribution in [3.05, 3.63) is 64.7 Å². The highest BCUT2D eigenvalue weighted by Gasteiger charge is 2.50. The molecule has 0 unspecified atom stereocenters. The van der Waals surface area contributed by atoms with Crippen molar-refractivity contribution in [2.45, 2.75) is 60.3 Å². The maximum absolute atomic E-state index is 13.3. The van der Waals surface area contributed by atoms with Crippen molar-refractivity contribution < 1.29 is 31.1 Å². The van der Waals surface area contributed by atoms with Gasteiger partial charge in [0.2, 0.25) is 5.91 Å². The number of amides is 1. The number of hydrogen-bond donors (Lipinski definition) is 1. The third-order valence-corrected chi connectivity index (χ3v) is 9.12. The van der Waals surface area contributed by atoms with E-state index in [-0.39, 0.29) is 29.4 Å². The number of benzene rings is 2. The molecule has 35 heavy (non-hydrogen) atoms. The summed E-state index contributed by atoms with van der Waals surface area (Å²) >= 11 is 6.12. The molecule has 0 bridgehead atoms. The molecule has 0 spiro atoms. The predicted molar refractivity (Wildman–Crippen MR) is 121 cm³/mol. The molecule has 6 nitrogen and oxygen atoms in total. The molecule has 2 fully saturated rings. The van der Waals surface area contributed by atoms with E-state index in [2.05, 4.69) is 11.4 Å². The second kappa shape index (κ2) is 9.45. The number of halogens is 4. The topological polar surface area (TPSA) is 96.3 Å². The van der Waals surface area contributed by atoms with Gasteiger partial charge in [0, 0.05) is 0 Å². The Hall–Kier alpha value is -2.61. The monoisotopic (exact) mass is 526 g/mol. The Labute approximate surface area is 205 Å². The van der Waals surface area contributed by atoms with Crippen molar-refractivity contribution in [3.8, 4) is 6.07 Å². The van der Waals surface area contributed by atoms with Gasteiger partial charge in [-0.3, -0.25) is 4.79 Å². The summed E-state index contributed by atoms with van der Waals surface area (Å²) in [6, 6.07) is 12.5. The van der Waals surface area contributed by atoms with Crippen LogP contribution in [0.1, 0.15) is 36.8 Å². The van der Waals surface area contributed by atoms with E-state index < -0.39 is 50.3 Å². The highest BCUT2D eigenvalue weighted by atomic mass is 35.5. The fourth-order valence-electron chi connectivity index (χ4n) is 4.23. The Morgan fingerprint density at radius 3 is 2.37 bits per heavy atom. The smallest absolute Gasteiger partial charge is 0.373 e. The largest absolute Gasteiger partial charge is 0.416 e. The minimum atomic E-state index is -4.46. The van der Waals surface area contributed by atoms with Crippen LogP contribution in [0.2, 0.25) is 5.02 Å². The van der Waals surface area contributed by atoms with Gasteiger partial charge in [0.15, 0.2) is 9.84 Å². The molecule has 3 atom stereocenters. The molecule has 2 aromatic carbocycles. The van der Waals surface area contributed by atoms with Crippen LogP contribution in [0.25, 0.3) is 0 Å². The number of nitrogens with zero attached hydrogens (tertiary/aromatic N) is 1. The van der Waals surface area contributed by atoms with Gasteiger partial charge in [-0.05, 0) is 55.5 Å². The number of sulfone groups is 1. The third-order valence-electron chi connectivity index (χ3n) is 6.45. The Morgan fingerprint density at radius 1 is 1.14 bits per heavy atom. The molecule has 11 heteroatoms. The summed E-state index contributed by atoms with van der Waals surface area (Å²) in [6.07, 6.45) is -4.27. The summed E-state index contributed by atoms with van der Waals surface area (Å²) in [5, 5.41) is 11.2. The summed E-state index contributed by atoms with van der Waals surface area (Å²) in [7, 11) is -3.89. The molecule has 186 valence electrons. The lowest BCUT2D eigenvalue weighted by Gasteiger charge is -2.21. The van der Waals surface area contributed by atoms with Gasteiger partial charge in [-0.15, -0.1) is 0 Å².